The van der Waals surface area contributed by atoms with Gasteiger partial charge in [-0.05, 0) is 26.0 Å². The van der Waals surface area contributed by atoms with Crippen LogP contribution in [0.3, 0.4) is 0 Å². The molecule has 1 aromatic heterocycles. The Bertz CT molecular complexity index is 586. The highest BCUT2D eigenvalue weighted by Gasteiger charge is 2.12. The summed E-state index contributed by atoms with van der Waals surface area (Å²) in [6.45, 7) is 4.44. The zero-order valence-electron chi connectivity index (χ0n) is 12.3. The zero-order valence-corrected chi connectivity index (χ0v) is 13.1. The van der Waals surface area contributed by atoms with Crippen molar-refractivity contribution in [3.05, 3.63) is 35.3 Å². The molecule has 6 nitrogen and oxygen atoms in total. The number of rotatable bonds is 5. The van der Waals surface area contributed by atoms with E-state index in [0.29, 0.717) is 11.7 Å². The Hall–Kier alpha value is -2.15. The van der Waals surface area contributed by atoms with Gasteiger partial charge in [0.05, 0.1) is 0 Å². The fourth-order valence-corrected chi connectivity index (χ4v) is 2.37. The van der Waals surface area contributed by atoms with Gasteiger partial charge in [0, 0.05) is 25.3 Å². The molecule has 0 unspecified atom stereocenters. The van der Waals surface area contributed by atoms with Gasteiger partial charge in [0.15, 0.2) is 0 Å². The van der Waals surface area contributed by atoms with Crippen molar-refractivity contribution in [2.75, 3.05) is 23.8 Å². The SMILES string of the molecule is Cc1nnc(NC(=O)NC[C@@H](C)N(C)c2ccccc2)s1. The molecule has 2 rings (SSSR count). The van der Waals surface area contributed by atoms with Crippen molar-refractivity contribution in [3.8, 4) is 0 Å². The first-order valence-corrected chi connectivity index (χ1v) is 7.50. The fraction of sp³-hybridized carbons (Fsp3) is 0.357. The van der Waals surface area contributed by atoms with Crippen LogP contribution >= 0.6 is 11.3 Å². The molecule has 2 N–H and O–H groups in total. The minimum atomic E-state index is -0.264. The standard InChI is InChI=1S/C14H19N5OS/c1-10(19(3)12-7-5-4-6-8-12)9-15-13(20)16-14-18-17-11(2)21-14/h4-8,10H,9H2,1-3H3,(H2,15,16,18,20)/t10-/m1/s1. The molecule has 1 atom stereocenters. The van der Waals surface area contributed by atoms with E-state index in [1.165, 1.54) is 11.3 Å². The number of hydrogen-bond acceptors (Lipinski definition) is 5. The number of carbonyl (C=O) groups is 1. The molecule has 0 spiro atoms. The van der Waals surface area contributed by atoms with Gasteiger partial charge in [-0.25, -0.2) is 4.79 Å². The molecule has 0 bridgehead atoms. The Labute approximate surface area is 128 Å². The molecule has 7 heteroatoms. The number of likely N-dealkylation sites (N-methyl/N-ethyl adjacent to an activating group) is 1. The highest BCUT2D eigenvalue weighted by molar-refractivity contribution is 7.15. The molecule has 0 aliphatic carbocycles. The average Bonchev–Trinajstić information content (AvgIpc) is 2.90. The summed E-state index contributed by atoms with van der Waals surface area (Å²) in [5.74, 6) is 0. The number of benzene rings is 1. The van der Waals surface area contributed by atoms with Crippen LogP contribution in [0.15, 0.2) is 30.3 Å². The lowest BCUT2D eigenvalue weighted by molar-refractivity contribution is 0.251. The number of hydrogen-bond donors (Lipinski definition) is 2. The van der Waals surface area contributed by atoms with Gasteiger partial charge in [0.1, 0.15) is 5.01 Å². The Morgan fingerprint density at radius 2 is 2.05 bits per heavy atom. The Morgan fingerprint density at radius 1 is 1.33 bits per heavy atom. The molecule has 0 fully saturated rings. The van der Waals surface area contributed by atoms with Crippen molar-refractivity contribution in [1.82, 2.24) is 15.5 Å². The van der Waals surface area contributed by atoms with Crippen LogP contribution in [0.1, 0.15) is 11.9 Å². The van der Waals surface area contributed by atoms with Crippen molar-refractivity contribution in [2.45, 2.75) is 19.9 Å². The second kappa shape index (κ2) is 7.03. The van der Waals surface area contributed by atoms with Crippen molar-refractivity contribution >= 4 is 28.2 Å². The summed E-state index contributed by atoms with van der Waals surface area (Å²) in [6, 6.07) is 9.97. The summed E-state index contributed by atoms with van der Waals surface area (Å²) in [4.78, 5) is 13.9. The lowest BCUT2D eigenvalue weighted by Gasteiger charge is -2.27. The predicted octanol–water partition coefficient (Wildman–Crippen LogP) is 2.49. The van der Waals surface area contributed by atoms with Crippen LogP contribution in [-0.2, 0) is 0 Å². The fourth-order valence-electron chi connectivity index (χ4n) is 1.78. The molecule has 1 heterocycles. The third kappa shape index (κ3) is 4.42. The molecule has 21 heavy (non-hydrogen) atoms. The van der Waals surface area contributed by atoms with Crippen LogP contribution in [0.5, 0.6) is 0 Å². The highest BCUT2D eigenvalue weighted by atomic mass is 32.1. The average molecular weight is 305 g/mol. The maximum atomic E-state index is 11.8. The van der Waals surface area contributed by atoms with Gasteiger partial charge in [0.25, 0.3) is 0 Å². The number of urea groups is 1. The molecule has 112 valence electrons. The van der Waals surface area contributed by atoms with E-state index in [9.17, 15) is 4.79 Å². The molecule has 2 amide bonds. The minimum Gasteiger partial charge on any atom is -0.370 e. The van der Waals surface area contributed by atoms with E-state index in [1.807, 2.05) is 44.3 Å². The van der Waals surface area contributed by atoms with Gasteiger partial charge < -0.3 is 10.2 Å². The third-order valence-electron chi connectivity index (χ3n) is 3.13. The van der Waals surface area contributed by atoms with Crippen LogP contribution < -0.4 is 15.5 Å². The van der Waals surface area contributed by atoms with Crippen LogP contribution in [0, 0.1) is 6.92 Å². The smallest absolute Gasteiger partial charge is 0.321 e. The number of amides is 2. The van der Waals surface area contributed by atoms with Crippen LogP contribution in [0.4, 0.5) is 15.6 Å². The van der Waals surface area contributed by atoms with E-state index in [1.54, 1.807) is 0 Å². The summed E-state index contributed by atoms with van der Waals surface area (Å²) < 4.78 is 0. The topological polar surface area (TPSA) is 70.1 Å². The van der Waals surface area contributed by atoms with E-state index >= 15 is 0 Å². The number of para-hydroxylation sites is 1. The second-order valence-corrected chi connectivity index (χ2v) is 5.94. The van der Waals surface area contributed by atoms with E-state index in [-0.39, 0.29) is 12.1 Å². The molecule has 2 aromatic rings. The summed E-state index contributed by atoms with van der Waals surface area (Å²) in [6.07, 6.45) is 0. The van der Waals surface area contributed by atoms with Crippen LogP contribution in [0.2, 0.25) is 0 Å². The first-order valence-electron chi connectivity index (χ1n) is 6.69. The first kappa shape index (κ1) is 15.2. The third-order valence-corrected chi connectivity index (χ3v) is 3.88. The molecule has 0 radical (unpaired) electrons. The molecule has 1 aromatic carbocycles. The monoisotopic (exact) mass is 305 g/mol. The number of nitrogens with one attached hydrogen (secondary N) is 2. The lowest BCUT2D eigenvalue weighted by atomic mass is 10.2. The van der Waals surface area contributed by atoms with E-state index < -0.39 is 0 Å². The van der Waals surface area contributed by atoms with Gasteiger partial charge in [-0.1, -0.05) is 29.5 Å². The molecule has 0 saturated heterocycles. The zero-order chi connectivity index (χ0) is 15.2. The van der Waals surface area contributed by atoms with E-state index in [4.69, 9.17) is 0 Å². The number of aromatic nitrogens is 2. The van der Waals surface area contributed by atoms with Crippen molar-refractivity contribution in [2.24, 2.45) is 0 Å². The molecule has 0 saturated carbocycles. The summed E-state index contributed by atoms with van der Waals surface area (Å²) in [5.41, 5.74) is 1.12. The lowest BCUT2D eigenvalue weighted by Crippen LogP contribution is -2.41. The Morgan fingerprint density at radius 3 is 2.67 bits per heavy atom. The van der Waals surface area contributed by atoms with Gasteiger partial charge >= 0.3 is 6.03 Å². The minimum absolute atomic E-state index is 0.175. The predicted molar refractivity (Wildman–Crippen MR) is 86.0 cm³/mol. The highest BCUT2D eigenvalue weighted by Crippen LogP contribution is 2.14. The van der Waals surface area contributed by atoms with Gasteiger partial charge in [-0.3, -0.25) is 5.32 Å². The number of anilines is 2. The first-order chi connectivity index (χ1) is 10.1. The van der Waals surface area contributed by atoms with Gasteiger partial charge in [-0.15, -0.1) is 10.2 Å². The Kier molecular flexibility index (Phi) is 5.10. The maximum Gasteiger partial charge on any atom is 0.321 e. The van der Waals surface area contributed by atoms with Crippen molar-refractivity contribution < 1.29 is 4.79 Å². The van der Waals surface area contributed by atoms with E-state index in [2.05, 4.69) is 32.7 Å². The van der Waals surface area contributed by atoms with E-state index in [0.717, 1.165) is 10.7 Å². The van der Waals surface area contributed by atoms with Crippen molar-refractivity contribution in [1.29, 1.82) is 0 Å². The maximum absolute atomic E-state index is 11.8. The summed E-state index contributed by atoms with van der Waals surface area (Å²) in [5, 5.41) is 14.5. The van der Waals surface area contributed by atoms with Gasteiger partial charge in [-0.2, -0.15) is 0 Å². The summed E-state index contributed by atoms with van der Waals surface area (Å²) in [7, 11) is 2.01. The molecule has 0 aliphatic rings. The normalized spacial score (nSPS) is 11.8. The number of aryl methyl sites for hydroxylation is 1. The molecule has 0 aliphatic heterocycles. The summed E-state index contributed by atoms with van der Waals surface area (Å²) >= 11 is 1.35. The van der Waals surface area contributed by atoms with Crippen LogP contribution in [0.25, 0.3) is 0 Å². The number of nitrogens with zero attached hydrogens (tertiary/aromatic N) is 3. The van der Waals surface area contributed by atoms with Crippen LogP contribution in [-0.4, -0.2) is 35.9 Å². The largest absolute Gasteiger partial charge is 0.370 e. The van der Waals surface area contributed by atoms with Gasteiger partial charge in [0.2, 0.25) is 5.13 Å². The second-order valence-electron chi connectivity index (χ2n) is 4.76. The molecular weight excluding hydrogens is 286 g/mol. The van der Waals surface area contributed by atoms with Crippen molar-refractivity contribution in [3.63, 3.8) is 0 Å². The number of carbonyl (C=O) groups excluding carboxylic acids is 1. The molecular formula is C14H19N5OS. The quantitative estimate of drug-likeness (QED) is 0.890. The Balaban J connectivity index is 1.80.